The van der Waals surface area contributed by atoms with Crippen molar-refractivity contribution in [2.45, 2.75) is 0 Å². The second-order valence-electron chi connectivity index (χ2n) is 2.09. The van der Waals surface area contributed by atoms with Gasteiger partial charge in [-0.15, -0.1) is 5.10 Å². The lowest BCUT2D eigenvalue weighted by atomic mass is 10.3. The molecule has 0 amide bonds. The minimum absolute atomic E-state index is 0.539. The van der Waals surface area contributed by atoms with Crippen LogP contribution in [0.4, 0.5) is 0 Å². The summed E-state index contributed by atoms with van der Waals surface area (Å²) >= 11 is 11.5. The number of halogens is 2. The summed E-state index contributed by atoms with van der Waals surface area (Å²) < 4.78 is 0. The van der Waals surface area contributed by atoms with E-state index in [4.69, 9.17) is 23.2 Å². The zero-order valence-electron chi connectivity index (χ0n) is 5.31. The van der Waals surface area contributed by atoms with Gasteiger partial charge >= 0.3 is 0 Å². The highest BCUT2D eigenvalue weighted by atomic mass is 35.5. The van der Waals surface area contributed by atoms with Crippen molar-refractivity contribution in [3.63, 3.8) is 0 Å². The number of hydrogen-bond acceptors (Lipinski definition) is 2. The summed E-state index contributed by atoms with van der Waals surface area (Å²) in [6, 6.07) is 3.34. The van der Waals surface area contributed by atoms with Gasteiger partial charge in [0.05, 0.1) is 5.02 Å². The van der Waals surface area contributed by atoms with Crippen LogP contribution in [0.1, 0.15) is 0 Å². The highest BCUT2D eigenvalue weighted by Gasteiger charge is 2.02. The van der Waals surface area contributed by atoms with Crippen molar-refractivity contribution < 1.29 is 0 Å². The molecule has 1 aromatic carbocycles. The first-order valence-corrected chi connectivity index (χ1v) is 3.69. The Balaban J connectivity index is 2.91. The van der Waals surface area contributed by atoms with Crippen LogP contribution in [0.5, 0.6) is 0 Å². The first kappa shape index (κ1) is 6.88. The number of rotatable bonds is 0. The molecule has 1 heterocycles. The third-order valence-corrected chi connectivity index (χ3v) is 1.87. The molecule has 0 saturated heterocycles. The third kappa shape index (κ3) is 1.06. The summed E-state index contributed by atoms with van der Waals surface area (Å²) in [5.74, 6) is 0. The highest BCUT2D eigenvalue weighted by Crippen LogP contribution is 2.23. The van der Waals surface area contributed by atoms with Gasteiger partial charge in [0.15, 0.2) is 0 Å². The van der Waals surface area contributed by atoms with Gasteiger partial charge < -0.3 is 0 Å². The van der Waals surface area contributed by atoms with Crippen molar-refractivity contribution in [2.24, 2.45) is 0 Å². The molecule has 11 heavy (non-hydrogen) atoms. The molecule has 0 fully saturated rings. The van der Waals surface area contributed by atoms with Crippen LogP contribution in [0.2, 0.25) is 10.0 Å². The van der Waals surface area contributed by atoms with E-state index in [0.717, 1.165) is 5.52 Å². The number of fused-ring (bicyclic) bond motifs is 1. The highest BCUT2D eigenvalue weighted by molar-refractivity contribution is 6.38. The van der Waals surface area contributed by atoms with Crippen LogP contribution in [-0.2, 0) is 0 Å². The number of aromatic amines is 1. The summed E-state index contributed by atoms with van der Waals surface area (Å²) in [7, 11) is 0. The Morgan fingerprint density at radius 3 is 2.91 bits per heavy atom. The largest absolute Gasteiger partial charge is 0.256 e. The molecule has 0 bridgehead atoms. The van der Waals surface area contributed by atoms with Crippen LogP contribution in [0.15, 0.2) is 12.1 Å². The van der Waals surface area contributed by atoms with Gasteiger partial charge in [-0.3, -0.25) is 5.10 Å². The van der Waals surface area contributed by atoms with Crippen molar-refractivity contribution in [3.05, 3.63) is 22.2 Å². The zero-order valence-corrected chi connectivity index (χ0v) is 6.82. The monoisotopic (exact) mass is 187 g/mol. The zero-order chi connectivity index (χ0) is 7.84. The van der Waals surface area contributed by atoms with Crippen molar-refractivity contribution in [1.29, 1.82) is 0 Å². The molecule has 3 nitrogen and oxygen atoms in total. The summed E-state index contributed by atoms with van der Waals surface area (Å²) in [4.78, 5) is 0. The average molecular weight is 188 g/mol. The van der Waals surface area contributed by atoms with Crippen LogP contribution in [-0.4, -0.2) is 15.4 Å². The fourth-order valence-electron chi connectivity index (χ4n) is 0.878. The fraction of sp³-hybridized carbons (Fsp3) is 0. The predicted molar refractivity (Wildman–Crippen MR) is 43.9 cm³/mol. The van der Waals surface area contributed by atoms with Crippen LogP contribution in [0.25, 0.3) is 11.0 Å². The van der Waals surface area contributed by atoms with E-state index in [1.807, 2.05) is 0 Å². The number of nitrogens with zero attached hydrogens (tertiary/aromatic N) is 2. The maximum atomic E-state index is 5.81. The van der Waals surface area contributed by atoms with Gasteiger partial charge in [0.25, 0.3) is 0 Å². The first-order valence-electron chi connectivity index (χ1n) is 2.93. The summed E-state index contributed by atoms with van der Waals surface area (Å²) in [5.41, 5.74) is 1.40. The average Bonchev–Trinajstić information content (AvgIpc) is 2.34. The molecule has 1 N–H and O–H groups in total. The second-order valence-corrected chi connectivity index (χ2v) is 2.94. The van der Waals surface area contributed by atoms with E-state index in [-0.39, 0.29) is 0 Å². The Kier molecular flexibility index (Phi) is 1.47. The smallest absolute Gasteiger partial charge is 0.115 e. The van der Waals surface area contributed by atoms with Gasteiger partial charge in [-0.2, -0.15) is 0 Å². The predicted octanol–water partition coefficient (Wildman–Crippen LogP) is 2.26. The molecule has 0 aliphatic carbocycles. The van der Waals surface area contributed by atoms with E-state index in [9.17, 15) is 0 Å². The van der Waals surface area contributed by atoms with Crippen LogP contribution in [0.3, 0.4) is 0 Å². The van der Waals surface area contributed by atoms with E-state index in [1.165, 1.54) is 0 Å². The molecular formula is C6H3Cl2N3. The molecule has 0 aliphatic rings. The van der Waals surface area contributed by atoms with Crippen molar-refractivity contribution in [1.82, 2.24) is 15.4 Å². The van der Waals surface area contributed by atoms with Crippen LogP contribution in [0, 0.1) is 0 Å². The molecule has 0 saturated carbocycles. The van der Waals surface area contributed by atoms with Crippen LogP contribution < -0.4 is 0 Å². The maximum Gasteiger partial charge on any atom is 0.115 e. The first-order chi connectivity index (χ1) is 5.27. The van der Waals surface area contributed by atoms with Gasteiger partial charge in [0.2, 0.25) is 0 Å². The molecule has 5 heteroatoms. The molecule has 1 aromatic heterocycles. The van der Waals surface area contributed by atoms with Crippen molar-refractivity contribution in [2.75, 3.05) is 0 Å². The molecule has 56 valence electrons. The van der Waals surface area contributed by atoms with Gasteiger partial charge in [0, 0.05) is 5.02 Å². The number of H-pyrrole nitrogens is 1. The Hall–Kier alpha value is -0.800. The van der Waals surface area contributed by atoms with Gasteiger partial charge in [-0.05, 0) is 12.1 Å². The SMILES string of the molecule is Clc1cc(Cl)c2[nH]nnc2c1. The Morgan fingerprint density at radius 2 is 2.09 bits per heavy atom. The minimum Gasteiger partial charge on any atom is -0.256 e. The van der Waals surface area contributed by atoms with E-state index >= 15 is 0 Å². The van der Waals surface area contributed by atoms with E-state index in [1.54, 1.807) is 12.1 Å². The molecule has 0 unspecified atom stereocenters. The second kappa shape index (κ2) is 2.36. The third-order valence-electron chi connectivity index (χ3n) is 1.35. The lowest BCUT2D eigenvalue weighted by molar-refractivity contribution is 0.959. The normalized spacial score (nSPS) is 10.7. The lowest BCUT2D eigenvalue weighted by Gasteiger charge is -1.91. The fourth-order valence-corrected chi connectivity index (χ4v) is 1.40. The standard InChI is InChI=1S/C6H3Cl2N3/c7-3-1-4(8)6-5(2-3)9-11-10-6/h1-2H,(H,9,10,11). The number of aromatic nitrogens is 3. The van der Waals surface area contributed by atoms with Crippen molar-refractivity contribution in [3.8, 4) is 0 Å². The van der Waals surface area contributed by atoms with E-state index < -0.39 is 0 Å². The van der Waals surface area contributed by atoms with Gasteiger partial charge in [0.1, 0.15) is 11.0 Å². The topological polar surface area (TPSA) is 41.6 Å². The maximum absolute atomic E-state index is 5.81. The number of nitrogens with one attached hydrogen (secondary N) is 1. The minimum atomic E-state index is 0.539. The lowest BCUT2D eigenvalue weighted by Crippen LogP contribution is -1.71. The van der Waals surface area contributed by atoms with Crippen LogP contribution >= 0.6 is 23.2 Å². The van der Waals surface area contributed by atoms with Crippen molar-refractivity contribution >= 4 is 34.2 Å². The molecule has 2 rings (SSSR count). The quantitative estimate of drug-likeness (QED) is 0.688. The Bertz CT molecular complexity index is 396. The summed E-state index contributed by atoms with van der Waals surface area (Å²) in [6.45, 7) is 0. The molecule has 0 spiro atoms. The van der Waals surface area contributed by atoms with E-state index in [0.29, 0.717) is 15.6 Å². The summed E-state index contributed by atoms with van der Waals surface area (Å²) in [6.07, 6.45) is 0. The number of benzene rings is 1. The molecule has 0 atom stereocenters. The van der Waals surface area contributed by atoms with Gasteiger partial charge in [-0.1, -0.05) is 28.4 Å². The Morgan fingerprint density at radius 1 is 1.27 bits per heavy atom. The Labute approximate surface area is 72.3 Å². The van der Waals surface area contributed by atoms with E-state index in [2.05, 4.69) is 15.4 Å². The molecular weight excluding hydrogens is 185 g/mol. The molecule has 2 aromatic rings. The molecule has 0 radical (unpaired) electrons. The number of hydrogen-bond donors (Lipinski definition) is 1. The van der Waals surface area contributed by atoms with Gasteiger partial charge in [-0.25, -0.2) is 0 Å². The summed E-state index contributed by atoms with van der Waals surface area (Å²) in [5, 5.41) is 11.1. The molecule has 0 aliphatic heterocycles.